The van der Waals surface area contributed by atoms with E-state index in [9.17, 15) is 0 Å². The predicted octanol–water partition coefficient (Wildman–Crippen LogP) is 2.35. The molecule has 0 aliphatic carbocycles. The molecule has 1 heterocycles. The van der Waals surface area contributed by atoms with Gasteiger partial charge in [-0.15, -0.1) is 0 Å². The highest BCUT2D eigenvalue weighted by atomic mass is 35.5. The minimum Gasteiger partial charge on any atom is -0.395 e. The van der Waals surface area contributed by atoms with Crippen LogP contribution in [-0.2, 0) is 0 Å². The van der Waals surface area contributed by atoms with E-state index >= 15 is 0 Å². The van der Waals surface area contributed by atoms with Gasteiger partial charge in [0.05, 0.1) is 18.0 Å². The highest BCUT2D eigenvalue weighted by molar-refractivity contribution is 6.31. The van der Waals surface area contributed by atoms with Crippen LogP contribution in [0.1, 0.15) is 31.2 Å². The molecule has 0 amide bonds. The first-order valence-electron chi connectivity index (χ1n) is 5.96. The maximum absolute atomic E-state index is 9.08. The van der Waals surface area contributed by atoms with Crippen LogP contribution < -0.4 is 4.90 Å². The smallest absolute Gasteiger partial charge is 0.171 e. The highest BCUT2D eigenvalue weighted by Crippen LogP contribution is 2.22. The van der Waals surface area contributed by atoms with Crippen LogP contribution in [-0.4, -0.2) is 34.8 Å². The number of unbranched alkanes of at least 4 members (excludes halogenated alkanes) is 1. The van der Waals surface area contributed by atoms with Crippen molar-refractivity contribution in [1.82, 2.24) is 9.97 Å². The number of halogens is 1. The monoisotopic (exact) mass is 257 g/mol. The first-order chi connectivity index (χ1) is 8.10. The number of hydrogen-bond acceptors (Lipinski definition) is 4. The van der Waals surface area contributed by atoms with E-state index in [-0.39, 0.29) is 6.61 Å². The van der Waals surface area contributed by atoms with Crippen molar-refractivity contribution in [3.63, 3.8) is 0 Å². The van der Waals surface area contributed by atoms with Crippen molar-refractivity contribution in [2.24, 2.45) is 0 Å². The second-order valence-corrected chi connectivity index (χ2v) is 4.43. The zero-order chi connectivity index (χ0) is 12.8. The normalized spacial score (nSPS) is 10.6. The summed E-state index contributed by atoms with van der Waals surface area (Å²) < 4.78 is 0. The van der Waals surface area contributed by atoms with Crippen molar-refractivity contribution in [2.45, 2.75) is 33.6 Å². The molecule has 0 unspecified atom stereocenters. The Labute approximate surface area is 108 Å². The molecule has 1 aromatic rings. The largest absolute Gasteiger partial charge is 0.395 e. The summed E-state index contributed by atoms with van der Waals surface area (Å²) in [6, 6.07) is 0. The van der Waals surface area contributed by atoms with Gasteiger partial charge in [-0.2, -0.15) is 0 Å². The summed E-state index contributed by atoms with van der Waals surface area (Å²) in [5, 5.41) is 9.49. The summed E-state index contributed by atoms with van der Waals surface area (Å²) in [6.07, 6.45) is 2.14. The molecule has 0 aliphatic rings. The fourth-order valence-electron chi connectivity index (χ4n) is 1.56. The van der Waals surface area contributed by atoms with E-state index in [1.54, 1.807) is 0 Å². The second kappa shape index (κ2) is 6.77. The zero-order valence-electron chi connectivity index (χ0n) is 10.7. The Bertz CT molecular complexity index is 371. The van der Waals surface area contributed by atoms with Crippen LogP contribution in [0.25, 0.3) is 0 Å². The fourth-order valence-corrected chi connectivity index (χ4v) is 1.85. The summed E-state index contributed by atoms with van der Waals surface area (Å²) >= 11 is 6.11. The number of anilines is 1. The fraction of sp³-hybridized carbons (Fsp3) is 0.667. The highest BCUT2D eigenvalue weighted by Gasteiger charge is 2.14. The van der Waals surface area contributed by atoms with Gasteiger partial charge < -0.3 is 10.0 Å². The van der Waals surface area contributed by atoms with Gasteiger partial charge in [0.15, 0.2) is 11.0 Å². The van der Waals surface area contributed by atoms with Gasteiger partial charge in [0.1, 0.15) is 0 Å². The third-order valence-electron chi connectivity index (χ3n) is 2.70. The van der Waals surface area contributed by atoms with E-state index in [1.165, 1.54) is 0 Å². The van der Waals surface area contributed by atoms with E-state index < -0.39 is 0 Å². The van der Waals surface area contributed by atoms with Gasteiger partial charge in [-0.1, -0.05) is 24.9 Å². The van der Waals surface area contributed by atoms with Gasteiger partial charge >= 0.3 is 0 Å². The van der Waals surface area contributed by atoms with Gasteiger partial charge in [-0.25, -0.2) is 9.97 Å². The van der Waals surface area contributed by atoms with Crippen molar-refractivity contribution < 1.29 is 5.11 Å². The van der Waals surface area contributed by atoms with Crippen LogP contribution in [0.15, 0.2) is 0 Å². The lowest BCUT2D eigenvalue weighted by atomic mass is 10.3. The standard InChI is InChI=1S/C12H20ClN3O/c1-4-5-6-16(7-8-17)12-11(13)14-9(2)10(3)15-12/h17H,4-8H2,1-3H3. The molecule has 0 aromatic carbocycles. The molecule has 96 valence electrons. The molecule has 0 bridgehead atoms. The average Bonchev–Trinajstić information content (AvgIpc) is 2.29. The molecule has 0 atom stereocenters. The first-order valence-corrected chi connectivity index (χ1v) is 6.34. The molecule has 0 aliphatic heterocycles. The molecule has 4 nitrogen and oxygen atoms in total. The Balaban J connectivity index is 2.96. The van der Waals surface area contributed by atoms with Crippen LogP contribution >= 0.6 is 11.6 Å². The maximum atomic E-state index is 9.08. The van der Waals surface area contributed by atoms with Gasteiger partial charge in [0.2, 0.25) is 0 Å². The molecule has 0 saturated heterocycles. The summed E-state index contributed by atoms with van der Waals surface area (Å²) in [5.41, 5.74) is 1.72. The summed E-state index contributed by atoms with van der Waals surface area (Å²) in [5.74, 6) is 0.678. The van der Waals surface area contributed by atoms with E-state index in [0.717, 1.165) is 30.8 Å². The van der Waals surface area contributed by atoms with Crippen LogP contribution in [0.5, 0.6) is 0 Å². The minimum atomic E-state index is 0.0919. The van der Waals surface area contributed by atoms with Crippen molar-refractivity contribution >= 4 is 17.4 Å². The lowest BCUT2D eigenvalue weighted by Crippen LogP contribution is -2.29. The summed E-state index contributed by atoms with van der Waals surface area (Å²) in [6.45, 7) is 7.41. The average molecular weight is 258 g/mol. The molecule has 17 heavy (non-hydrogen) atoms. The van der Waals surface area contributed by atoms with Gasteiger partial charge in [-0.05, 0) is 20.3 Å². The molecule has 0 spiro atoms. The number of aromatic nitrogens is 2. The second-order valence-electron chi connectivity index (χ2n) is 4.07. The lowest BCUT2D eigenvalue weighted by molar-refractivity contribution is 0.301. The maximum Gasteiger partial charge on any atom is 0.171 e. The van der Waals surface area contributed by atoms with Crippen molar-refractivity contribution in [1.29, 1.82) is 0 Å². The SMILES string of the molecule is CCCCN(CCO)c1nc(C)c(C)nc1Cl. The van der Waals surface area contributed by atoms with Gasteiger partial charge in [0, 0.05) is 13.1 Å². The van der Waals surface area contributed by atoms with Crippen LogP contribution in [0.3, 0.4) is 0 Å². The number of aliphatic hydroxyl groups is 1. The third-order valence-corrected chi connectivity index (χ3v) is 2.95. The molecule has 0 saturated carbocycles. The predicted molar refractivity (Wildman–Crippen MR) is 70.7 cm³/mol. The molecule has 0 radical (unpaired) electrons. The van der Waals surface area contributed by atoms with Crippen molar-refractivity contribution in [3.05, 3.63) is 16.5 Å². The Hall–Kier alpha value is -0.870. The molecule has 1 rings (SSSR count). The van der Waals surface area contributed by atoms with E-state index in [4.69, 9.17) is 16.7 Å². The lowest BCUT2D eigenvalue weighted by Gasteiger charge is -2.23. The zero-order valence-corrected chi connectivity index (χ0v) is 11.5. The first kappa shape index (κ1) is 14.2. The number of rotatable bonds is 6. The Morgan fingerprint density at radius 1 is 1.18 bits per heavy atom. The van der Waals surface area contributed by atoms with Crippen LogP contribution in [0, 0.1) is 13.8 Å². The number of aryl methyl sites for hydroxylation is 2. The van der Waals surface area contributed by atoms with Crippen molar-refractivity contribution in [2.75, 3.05) is 24.6 Å². The molecular weight excluding hydrogens is 238 g/mol. The Morgan fingerprint density at radius 2 is 1.82 bits per heavy atom. The van der Waals surface area contributed by atoms with Crippen LogP contribution in [0.4, 0.5) is 5.82 Å². The van der Waals surface area contributed by atoms with E-state index in [0.29, 0.717) is 17.5 Å². The van der Waals surface area contributed by atoms with Gasteiger partial charge in [-0.3, -0.25) is 0 Å². The minimum absolute atomic E-state index is 0.0919. The summed E-state index contributed by atoms with van der Waals surface area (Å²) in [7, 11) is 0. The van der Waals surface area contributed by atoms with Crippen LogP contribution in [0.2, 0.25) is 5.15 Å². The molecule has 0 fully saturated rings. The topological polar surface area (TPSA) is 49.2 Å². The van der Waals surface area contributed by atoms with Gasteiger partial charge in [0.25, 0.3) is 0 Å². The Kier molecular flexibility index (Phi) is 5.65. The van der Waals surface area contributed by atoms with Crippen molar-refractivity contribution in [3.8, 4) is 0 Å². The molecule has 1 aromatic heterocycles. The quantitative estimate of drug-likeness (QED) is 0.850. The number of aliphatic hydroxyl groups excluding tert-OH is 1. The molecular formula is C12H20ClN3O. The van der Waals surface area contributed by atoms with E-state index in [2.05, 4.69) is 16.9 Å². The Morgan fingerprint density at radius 3 is 2.41 bits per heavy atom. The summed E-state index contributed by atoms with van der Waals surface area (Å²) in [4.78, 5) is 10.7. The van der Waals surface area contributed by atoms with E-state index in [1.807, 2.05) is 18.7 Å². The number of nitrogens with zero attached hydrogens (tertiary/aromatic N) is 3. The molecule has 5 heteroatoms. The number of hydrogen-bond donors (Lipinski definition) is 1. The third kappa shape index (κ3) is 3.82. The molecule has 1 N–H and O–H groups in total.